The monoisotopic (exact) mass is 358 g/mol. The zero-order valence-electron chi connectivity index (χ0n) is 15.2. The van der Waals surface area contributed by atoms with Crippen molar-refractivity contribution in [1.29, 1.82) is 0 Å². The number of piperazine rings is 1. The van der Waals surface area contributed by atoms with E-state index in [0.29, 0.717) is 0 Å². The lowest BCUT2D eigenvalue weighted by Gasteiger charge is -2.36. The molecule has 0 saturated carbocycles. The molecule has 2 aromatic carbocycles. The number of para-hydroxylation sites is 2. The summed E-state index contributed by atoms with van der Waals surface area (Å²) in [6, 6.07) is 20.8. The smallest absolute Gasteiger partial charge is 0.317 e. The van der Waals surface area contributed by atoms with Gasteiger partial charge in [-0.2, -0.15) is 0 Å². The Morgan fingerprint density at radius 1 is 0.926 bits per heavy atom. The molecule has 5 rings (SSSR count). The average molecular weight is 358 g/mol. The van der Waals surface area contributed by atoms with Crippen molar-refractivity contribution in [3.63, 3.8) is 0 Å². The summed E-state index contributed by atoms with van der Waals surface area (Å²) in [6.07, 6.45) is 1.89. The largest absolute Gasteiger partial charge is 0.324 e. The fraction of sp³-hybridized carbons (Fsp3) is 0.273. The fourth-order valence-corrected chi connectivity index (χ4v) is 4.27. The number of urea groups is 1. The first-order valence-corrected chi connectivity index (χ1v) is 9.48. The van der Waals surface area contributed by atoms with Gasteiger partial charge in [-0.15, -0.1) is 0 Å². The normalized spacial score (nSPS) is 20.3. The summed E-state index contributed by atoms with van der Waals surface area (Å²) in [5, 5.41) is 1.22. The highest BCUT2D eigenvalue weighted by molar-refractivity contribution is 5.94. The summed E-state index contributed by atoms with van der Waals surface area (Å²) < 4.78 is 0. The van der Waals surface area contributed by atoms with Gasteiger partial charge in [0.25, 0.3) is 0 Å². The standard InChI is InChI=1S/C22H22N4O/c27-22-25-13-12-24(14-17-10-11-23-21-9-5-4-8-20(17)21)15-19(25)16-26(22)18-6-2-1-3-7-18/h1-11,19H,12-16H2/t19-/m1/s1. The number of hydrogen-bond donors (Lipinski definition) is 0. The maximum absolute atomic E-state index is 12.8. The van der Waals surface area contributed by atoms with Crippen molar-refractivity contribution in [2.75, 3.05) is 31.1 Å². The molecule has 5 heteroatoms. The minimum Gasteiger partial charge on any atom is -0.317 e. The second kappa shape index (κ2) is 6.67. The highest BCUT2D eigenvalue weighted by Crippen LogP contribution is 2.27. The fourth-order valence-electron chi connectivity index (χ4n) is 4.27. The van der Waals surface area contributed by atoms with E-state index in [1.165, 1.54) is 10.9 Å². The number of nitrogens with zero attached hydrogens (tertiary/aromatic N) is 4. The number of pyridine rings is 1. The van der Waals surface area contributed by atoms with Gasteiger partial charge in [-0.1, -0.05) is 36.4 Å². The van der Waals surface area contributed by atoms with Gasteiger partial charge in [-0.05, 0) is 29.8 Å². The molecule has 0 spiro atoms. The topological polar surface area (TPSA) is 39.7 Å². The summed E-state index contributed by atoms with van der Waals surface area (Å²) in [4.78, 5) is 23.7. The number of carbonyl (C=O) groups excluding carboxylic acids is 1. The van der Waals surface area contributed by atoms with Crippen LogP contribution >= 0.6 is 0 Å². The quantitative estimate of drug-likeness (QED) is 0.721. The minimum atomic E-state index is 0.139. The highest BCUT2D eigenvalue weighted by Gasteiger charge is 2.41. The number of hydrogen-bond acceptors (Lipinski definition) is 3. The zero-order chi connectivity index (χ0) is 18.2. The molecule has 0 aliphatic carbocycles. The number of anilines is 1. The van der Waals surface area contributed by atoms with Crippen LogP contribution in [0.3, 0.4) is 0 Å². The Kier molecular flexibility index (Phi) is 4.02. The average Bonchev–Trinajstić information content (AvgIpc) is 3.05. The van der Waals surface area contributed by atoms with E-state index in [2.05, 4.69) is 34.1 Å². The molecule has 3 heterocycles. The molecular weight excluding hydrogens is 336 g/mol. The van der Waals surface area contributed by atoms with Gasteiger partial charge in [-0.3, -0.25) is 14.8 Å². The molecule has 1 aromatic heterocycles. The van der Waals surface area contributed by atoms with E-state index in [4.69, 9.17) is 0 Å². The number of carbonyl (C=O) groups is 1. The lowest BCUT2D eigenvalue weighted by molar-refractivity contribution is 0.117. The maximum Gasteiger partial charge on any atom is 0.324 e. The summed E-state index contributed by atoms with van der Waals surface area (Å²) in [5.41, 5.74) is 3.33. The van der Waals surface area contributed by atoms with E-state index >= 15 is 0 Å². The Labute approximate surface area is 158 Å². The van der Waals surface area contributed by atoms with Gasteiger partial charge >= 0.3 is 6.03 Å². The van der Waals surface area contributed by atoms with Crippen LogP contribution in [-0.4, -0.2) is 53.0 Å². The highest BCUT2D eigenvalue weighted by atomic mass is 16.2. The molecule has 2 aliphatic heterocycles. The van der Waals surface area contributed by atoms with Gasteiger partial charge in [0.2, 0.25) is 0 Å². The van der Waals surface area contributed by atoms with Crippen molar-refractivity contribution < 1.29 is 4.79 Å². The van der Waals surface area contributed by atoms with Gasteiger partial charge < -0.3 is 4.90 Å². The van der Waals surface area contributed by atoms with Crippen LogP contribution in [0, 0.1) is 0 Å². The van der Waals surface area contributed by atoms with Crippen LogP contribution in [0.15, 0.2) is 66.9 Å². The van der Waals surface area contributed by atoms with Gasteiger partial charge in [0.05, 0.1) is 11.6 Å². The van der Waals surface area contributed by atoms with Crippen LogP contribution < -0.4 is 4.90 Å². The number of fused-ring (bicyclic) bond motifs is 2. The third kappa shape index (κ3) is 2.94. The second-order valence-electron chi connectivity index (χ2n) is 7.30. The lowest BCUT2D eigenvalue weighted by Crippen LogP contribution is -2.51. The number of aromatic nitrogens is 1. The Morgan fingerprint density at radius 2 is 1.74 bits per heavy atom. The Hall–Kier alpha value is -2.92. The molecule has 2 amide bonds. The maximum atomic E-state index is 12.8. The molecule has 2 aliphatic rings. The van der Waals surface area contributed by atoms with Crippen LogP contribution in [-0.2, 0) is 6.54 Å². The number of amides is 2. The van der Waals surface area contributed by atoms with E-state index in [9.17, 15) is 4.79 Å². The van der Waals surface area contributed by atoms with Crippen LogP contribution in [0.5, 0.6) is 0 Å². The molecule has 1 atom stereocenters. The predicted octanol–water partition coefficient (Wildman–Crippen LogP) is 3.36. The van der Waals surface area contributed by atoms with E-state index in [0.717, 1.165) is 43.9 Å². The van der Waals surface area contributed by atoms with Crippen LogP contribution in [0.4, 0.5) is 10.5 Å². The van der Waals surface area contributed by atoms with Crippen molar-refractivity contribution in [3.8, 4) is 0 Å². The molecular formula is C22H22N4O. The lowest BCUT2D eigenvalue weighted by atomic mass is 10.1. The molecule has 0 radical (unpaired) electrons. The molecule has 0 N–H and O–H groups in total. The summed E-state index contributed by atoms with van der Waals surface area (Å²) in [7, 11) is 0. The molecule has 0 unspecified atom stereocenters. The molecule has 0 bridgehead atoms. The third-order valence-corrected chi connectivity index (χ3v) is 5.64. The van der Waals surface area contributed by atoms with Crippen molar-refractivity contribution in [2.24, 2.45) is 0 Å². The Morgan fingerprint density at radius 3 is 2.63 bits per heavy atom. The number of rotatable bonds is 3. The van der Waals surface area contributed by atoms with Crippen molar-refractivity contribution in [3.05, 3.63) is 72.4 Å². The van der Waals surface area contributed by atoms with Gasteiger partial charge in [0.15, 0.2) is 0 Å². The summed E-state index contributed by atoms with van der Waals surface area (Å²) in [6.45, 7) is 4.26. The van der Waals surface area contributed by atoms with E-state index < -0.39 is 0 Å². The first-order chi connectivity index (χ1) is 13.3. The van der Waals surface area contributed by atoms with Crippen molar-refractivity contribution >= 4 is 22.6 Å². The molecule has 136 valence electrons. The first kappa shape index (κ1) is 16.3. The Balaban J connectivity index is 1.33. The Bertz CT molecular complexity index is 969. The van der Waals surface area contributed by atoms with Gasteiger partial charge in [0, 0.05) is 50.0 Å². The summed E-state index contributed by atoms with van der Waals surface area (Å²) >= 11 is 0. The second-order valence-corrected chi connectivity index (χ2v) is 7.30. The minimum absolute atomic E-state index is 0.139. The predicted molar refractivity (Wildman–Crippen MR) is 107 cm³/mol. The van der Waals surface area contributed by atoms with Crippen LogP contribution in [0.1, 0.15) is 5.56 Å². The zero-order valence-corrected chi connectivity index (χ0v) is 15.2. The number of benzene rings is 2. The molecule has 2 fully saturated rings. The van der Waals surface area contributed by atoms with Crippen molar-refractivity contribution in [1.82, 2.24) is 14.8 Å². The van der Waals surface area contributed by atoms with E-state index in [-0.39, 0.29) is 12.1 Å². The van der Waals surface area contributed by atoms with Crippen molar-refractivity contribution in [2.45, 2.75) is 12.6 Å². The van der Waals surface area contributed by atoms with Crippen LogP contribution in [0.2, 0.25) is 0 Å². The van der Waals surface area contributed by atoms with Gasteiger partial charge in [0.1, 0.15) is 0 Å². The molecule has 5 nitrogen and oxygen atoms in total. The van der Waals surface area contributed by atoms with E-state index in [1.54, 1.807) is 0 Å². The SMILES string of the molecule is O=C1N(c2ccccc2)C[C@H]2CN(Cc3ccnc4ccccc34)CCN12. The van der Waals surface area contributed by atoms with E-state index in [1.807, 2.05) is 52.4 Å². The van der Waals surface area contributed by atoms with Crippen LogP contribution in [0.25, 0.3) is 10.9 Å². The molecule has 27 heavy (non-hydrogen) atoms. The van der Waals surface area contributed by atoms with Gasteiger partial charge in [-0.25, -0.2) is 4.79 Å². The molecule has 2 saturated heterocycles. The summed E-state index contributed by atoms with van der Waals surface area (Å²) in [5.74, 6) is 0. The third-order valence-electron chi connectivity index (χ3n) is 5.64. The first-order valence-electron chi connectivity index (χ1n) is 9.48. The molecule has 3 aromatic rings.